The van der Waals surface area contributed by atoms with Crippen molar-refractivity contribution < 1.29 is 24.9 Å². The van der Waals surface area contributed by atoms with Crippen molar-refractivity contribution in [3.8, 4) is 5.75 Å². The number of nitrogens with one attached hydrogen (secondary N) is 2. The van der Waals surface area contributed by atoms with Gasteiger partial charge in [0.05, 0.1) is 37.6 Å². The van der Waals surface area contributed by atoms with Crippen LogP contribution in [0.4, 0.5) is 5.69 Å². The monoisotopic (exact) mass is 365 g/mol. The molecule has 1 aromatic carbocycles. The number of phenolic OH excluding ortho intramolecular Hbond substituents is 1. The molecule has 0 bridgehead atoms. The van der Waals surface area contributed by atoms with E-state index >= 15 is 0 Å². The maximum Gasteiger partial charge on any atom is 0.337 e. The van der Waals surface area contributed by atoms with Gasteiger partial charge >= 0.3 is 5.97 Å². The summed E-state index contributed by atoms with van der Waals surface area (Å²) in [6.07, 6.45) is 4.54. The molecule has 1 aliphatic carbocycles. The molecule has 0 radical (unpaired) electrons. The summed E-state index contributed by atoms with van der Waals surface area (Å²) in [6, 6.07) is 4.58. The number of rotatable bonds is 6. The summed E-state index contributed by atoms with van der Waals surface area (Å²) in [5.74, 6) is -0.178. The molecule has 1 aromatic rings. The highest BCUT2D eigenvalue weighted by Gasteiger charge is 2.17. The van der Waals surface area contributed by atoms with Gasteiger partial charge < -0.3 is 30.7 Å². The molecule has 26 heavy (non-hydrogen) atoms. The lowest BCUT2D eigenvalue weighted by atomic mass is 9.96. The van der Waals surface area contributed by atoms with Crippen molar-refractivity contribution in [1.82, 2.24) is 5.32 Å². The minimum absolute atomic E-state index is 0.00993. The number of aliphatic imine (C=N–C) groups is 1. The molecule has 5 N–H and O–H groups in total. The number of aliphatic hydroxyl groups excluding tert-OH is 2. The minimum atomic E-state index is -0.963. The van der Waals surface area contributed by atoms with Crippen LogP contribution < -0.4 is 10.6 Å². The van der Waals surface area contributed by atoms with Crippen molar-refractivity contribution in [3.63, 3.8) is 0 Å². The van der Waals surface area contributed by atoms with E-state index in [4.69, 9.17) is 9.84 Å². The molecular weight excluding hydrogens is 338 g/mol. The summed E-state index contributed by atoms with van der Waals surface area (Å²) >= 11 is 0. The van der Waals surface area contributed by atoms with Crippen LogP contribution >= 0.6 is 0 Å². The van der Waals surface area contributed by atoms with Crippen LogP contribution in [0, 0.1) is 0 Å². The van der Waals surface area contributed by atoms with E-state index in [9.17, 15) is 15.0 Å². The fourth-order valence-electron chi connectivity index (χ4n) is 2.82. The number of aliphatic hydroxyl groups is 2. The van der Waals surface area contributed by atoms with Gasteiger partial charge in [-0.25, -0.2) is 4.79 Å². The van der Waals surface area contributed by atoms with E-state index in [1.807, 2.05) is 0 Å². The molecule has 8 nitrogen and oxygen atoms in total. The maximum atomic E-state index is 11.7. The number of methoxy groups -OCH3 is 1. The summed E-state index contributed by atoms with van der Waals surface area (Å²) < 4.78 is 4.70. The van der Waals surface area contributed by atoms with Crippen molar-refractivity contribution in [2.75, 3.05) is 25.6 Å². The second-order valence-corrected chi connectivity index (χ2v) is 6.35. The SMILES string of the molecule is COC(=O)c1ccc(O)c(NC(=NCC(O)CO)NC2CCCCC2)c1. The Hall–Kier alpha value is -2.32. The highest BCUT2D eigenvalue weighted by molar-refractivity contribution is 5.97. The molecule has 1 unspecified atom stereocenters. The maximum absolute atomic E-state index is 11.7. The number of anilines is 1. The number of aromatic hydroxyl groups is 1. The number of carbonyl (C=O) groups is 1. The van der Waals surface area contributed by atoms with Crippen LogP contribution in [0.1, 0.15) is 42.5 Å². The van der Waals surface area contributed by atoms with Crippen molar-refractivity contribution >= 4 is 17.6 Å². The Balaban J connectivity index is 2.17. The summed E-state index contributed by atoms with van der Waals surface area (Å²) in [4.78, 5) is 16.0. The topological polar surface area (TPSA) is 123 Å². The standard InChI is InChI=1S/C18H27N3O5/c1-26-17(25)12-7-8-16(24)15(9-12)21-18(19-10-14(23)11-22)20-13-5-3-2-4-6-13/h7-9,13-14,22-24H,2-6,10-11H2,1H3,(H2,19,20,21). The minimum Gasteiger partial charge on any atom is -0.506 e. The van der Waals surface area contributed by atoms with Crippen LogP contribution in [0.3, 0.4) is 0 Å². The van der Waals surface area contributed by atoms with Gasteiger partial charge in [-0.1, -0.05) is 19.3 Å². The van der Waals surface area contributed by atoms with E-state index in [1.54, 1.807) is 0 Å². The van der Waals surface area contributed by atoms with Gasteiger partial charge in [-0.2, -0.15) is 0 Å². The Bertz CT molecular complexity index is 629. The Morgan fingerprint density at radius 3 is 2.73 bits per heavy atom. The van der Waals surface area contributed by atoms with E-state index in [0.717, 1.165) is 25.7 Å². The number of hydrogen-bond acceptors (Lipinski definition) is 6. The first kappa shape index (κ1) is 20.0. The summed E-state index contributed by atoms with van der Waals surface area (Å²) in [6.45, 7) is -0.376. The van der Waals surface area contributed by atoms with Crippen molar-refractivity contribution in [1.29, 1.82) is 0 Å². The zero-order valence-electron chi connectivity index (χ0n) is 14.9. The second kappa shape index (κ2) is 9.98. The molecule has 1 atom stereocenters. The number of nitrogens with zero attached hydrogens (tertiary/aromatic N) is 1. The Kier molecular flexibility index (Phi) is 7.68. The lowest BCUT2D eigenvalue weighted by Gasteiger charge is -2.25. The number of carbonyl (C=O) groups excluding carboxylic acids is 1. The first-order chi connectivity index (χ1) is 12.5. The molecular formula is C18H27N3O5. The lowest BCUT2D eigenvalue weighted by Crippen LogP contribution is -2.41. The largest absolute Gasteiger partial charge is 0.506 e. The predicted octanol–water partition coefficient (Wildman–Crippen LogP) is 1.22. The number of hydrogen-bond donors (Lipinski definition) is 5. The van der Waals surface area contributed by atoms with Crippen LogP contribution in [0.5, 0.6) is 5.75 Å². The van der Waals surface area contributed by atoms with Crippen molar-refractivity contribution in [2.45, 2.75) is 44.2 Å². The Morgan fingerprint density at radius 1 is 1.35 bits per heavy atom. The van der Waals surface area contributed by atoms with Crippen LogP contribution in [-0.2, 0) is 4.74 Å². The van der Waals surface area contributed by atoms with Gasteiger partial charge in [0.1, 0.15) is 5.75 Å². The summed E-state index contributed by atoms with van der Waals surface area (Å²) in [7, 11) is 1.29. The molecule has 0 amide bonds. The van der Waals surface area contributed by atoms with Crippen molar-refractivity contribution in [3.05, 3.63) is 23.8 Å². The number of phenols is 1. The molecule has 1 aliphatic rings. The molecule has 144 valence electrons. The summed E-state index contributed by atoms with van der Waals surface area (Å²) in [5, 5.41) is 34.9. The predicted molar refractivity (Wildman–Crippen MR) is 98.5 cm³/mol. The molecule has 0 heterocycles. The highest BCUT2D eigenvalue weighted by Crippen LogP contribution is 2.25. The van der Waals surface area contributed by atoms with Gasteiger partial charge in [0.25, 0.3) is 0 Å². The average molecular weight is 365 g/mol. The third kappa shape index (κ3) is 5.89. The number of ether oxygens (including phenoxy) is 1. The van der Waals surface area contributed by atoms with Crippen LogP contribution in [0.15, 0.2) is 23.2 Å². The number of esters is 1. The normalized spacial score (nSPS) is 16.8. The fourth-order valence-corrected chi connectivity index (χ4v) is 2.82. The van der Waals surface area contributed by atoms with Crippen LogP contribution in [-0.4, -0.2) is 59.7 Å². The lowest BCUT2D eigenvalue weighted by molar-refractivity contribution is 0.0601. The van der Waals surface area contributed by atoms with Gasteiger partial charge in [0.2, 0.25) is 0 Å². The molecule has 0 aliphatic heterocycles. The van der Waals surface area contributed by atoms with E-state index in [1.165, 1.54) is 31.7 Å². The number of guanidine groups is 1. The second-order valence-electron chi connectivity index (χ2n) is 6.35. The van der Waals surface area contributed by atoms with Crippen molar-refractivity contribution in [2.24, 2.45) is 4.99 Å². The molecule has 1 fully saturated rings. The third-order valence-corrected chi connectivity index (χ3v) is 4.29. The average Bonchev–Trinajstić information content (AvgIpc) is 2.67. The molecule has 1 saturated carbocycles. The summed E-state index contributed by atoms with van der Waals surface area (Å²) in [5.41, 5.74) is 0.591. The molecule has 0 saturated heterocycles. The van der Waals surface area contributed by atoms with E-state index in [-0.39, 0.29) is 24.9 Å². The molecule has 8 heteroatoms. The third-order valence-electron chi connectivity index (χ3n) is 4.29. The zero-order chi connectivity index (χ0) is 18.9. The molecule has 2 rings (SSSR count). The number of benzene rings is 1. The highest BCUT2D eigenvalue weighted by atomic mass is 16.5. The van der Waals surface area contributed by atoms with Gasteiger partial charge in [0.15, 0.2) is 5.96 Å². The van der Waals surface area contributed by atoms with Crippen LogP contribution in [0.25, 0.3) is 0 Å². The fraction of sp³-hybridized carbons (Fsp3) is 0.556. The van der Waals surface area contributed by atoms with Crippen LogP contribution in [0.2, 0.25) is 0 Å². The quantitative estimate of drug-likeness (QED) is 0.222. The van der Waals surface area contributed by atoms with Gasteiger partial charge in [-0.15, -0.1) is 0 Å². The van der Waals surface area contributed by atoms with E-state index in [2.05, 4.69) is 15.6 Å². The Labute approximate surface area is 152 Å². The van der Waals surface area contributed by atoms with Gasteiger partial charge in [-0.3, -0.25) is 4.99 Å². The first-order valence-corrected chi connectivity index (χ1v) is 8.81. The smallest absolute Gasteiger partial charge is 0.337 e. The van der Waals surface area contributed by atoms with Gasteiger partial charge in [-0.05, 0) is 31.0 Å². The van der Waals surface area contributed by atoms with Gasteiger partial charge in [0, 0.05) is 6.04 Å². The first-order valence-electron chi connectivity index (χ1n) is 8.81. The zero-order valence-corrected chi connectivity index (χ0v) is 14.9. The van der Waals surface area contributed by atoms with E-state index < -0.39 is 12.1 Å². The molecule has 0 aromatic heterocycles. The Morgan fingerprint density at radius 2 is 2.08 bits per heavy atom. The molecule has 0 spiro atoms. The van der Waals surface area contributed by atoms with E-state index in [0.29, 0.717) is 17.2 Å².